The average Bonchev–Trinajstić information content (AvgIpc) is 3.19. The molecule has 2 N–H and O–H groups in total. The molecule has 4 aromatic rings. The summed E-state index contributed by atoms with van der Waals surface area (Å²) in [7, 11) is 1.61. The van der Waals surface area contributed by atoms with Crippen molar-refractivity contribution in [1.29, 1.82) is 0 Å². The highest BCUT2D eigenvalue weighted by atomic mass is 16.5. The number of rotatable bonds is 10. The number of carboxylic acids is 1. The van der Waals surface area contributed by atoms with E-state index in [0.717, 1.165) is 52.5 Å². The topological polar surface area (TPSA) is 71.5 Å². The minimum atomic E-state index is -0.856. The number of carboxylic acid groups (broad SMARTS) is 1. The molecule has 3 aromatic carbocycles. The molecule has 5 nitrogen and oxygen atoms in total. The maximum Gasteiger partial charge on any atom is 0.307 e. The lowest BCUT2D eigenvalue weighted by molar-refractivity contribution is -0.136. The molecule has 1 aromatic heterocycles. The van der Waals surface area contributed by atoms with Crippen molar-refractivity contribution in [2.24, 2.45) is 0 Å². The first-order chi connectivity index (χ1) is 16.1. The molecular weight excluding hydrogens is 414 g/mol. The van der Waals surface area contributed by atoms with Crippen molar-refractivity contribution in [1.82, 2.24) is 4.98 Å². The number of carbonyl (C=O) groups is 1. The number of aryl methyl sites for hydroxylation is 1. The lowest BCUT2D eigenvalue weighted by Gasteiger charge is -2.13. The van der Waals surface area contributed by atoms with Gasteiger partial charge in [0.2, 0.25) is 0 Å². The minimum absolute atomic E-state index is 0.0544. The molecule has 0 saturated heterocycles. The molecule has 0 fully saturated rings. The van der Waals surface area contributed by atoms with Crippen molar-refractivity contribution in [3.63, 3.8) is 0 Å². The smallest absolute Gasteiger partial charge is 0.307 e. The van der Waals surface area contributed by atoms with E-state index in [9.17, 15) is 9.90 Å². The summed E-state index contributed by atoms with van der Waals surface area (Å²) in [6, 6.07) is 22.0. The number of hydrogen-bond acceptors (Lipinski definition) is 3. The summed E-state index contributed by atoms with van der Waals surface area (Å²) in [5.74, 6) is 0.390. The predicted octanol–water partition coefficient (Wildman–Crippen LogP) is 6.39. The van der Waals surface area contributed by atoms with Crippen LogP contribution in [-0.2, 0) is 24.2 Å². The van der Waals surface area contributed by atoms with E-state index in [1.807, 2.05) is 54.6 Å². The highest BCUT2D eigenvalue weighted by Gasteiger charge is 2.18. The van der Waals surface area contributed by atoms with Crippen LogP contribution in [0, 0.1) is 0 Å². The minimum Gasteiger partial charge on any atom is -0.493 e. The molecule has 4 rings (SSSR count). The highest BCUT2D eigenvalue weighted by molar-refractivity contribution is 5.94. The van der Waals surface area contributed by atoms with Gasteiger partial charge in [-0.15, -0.1) is 0 Å². The number of aromatic nitrogens is 1. The lowest BCUT2D eigenvalue weighted by atomic mass is 10.00. The van der Waals surface area contributed by atoms with Crippen LogP contribution in [0.3, 0.4) is 0 Å². The summed E-state index contributed by atoms with van der Waals surface area (Å²) in [6.45, 7) is 2.61. The van der Waals surface area contributed by atoms with Crippen LogP contribution in [0.1, 0.15) is 36.5 Å². The standard InChI is InChI=1S/C28H29NO4/c1-3-4-8-19-11-13-24-22(15-19)23(17-27(30)31)28(29-24)21-12-14-25(26(16-21)32-2)33-18-20-9-6-5-7-10-20/h5-7,9-16,29H,3-4,8,17-18H2,1-2H3,(H,30,31). The van der Waals surface area contributed by atoms with E-state index in [4.69, 9.17) is 9.47 Å². The van der Waals surface area contributed by atoms with E-state index in [1.165, 1.54) is 5.56 Å². The Labute approximate surface area is 194 Å². The third-order valence-electron chi connectivity index (χ3n) is 5.81. The van der Waals surface area contributed by atoms with E-state index < -0.39 is 5.97 Å². The second-order valence-corrected chi connectivity index (χ2v) is 8.17. The van der Waals surface area contributed by atoms with Crippen LogP contribution < -0.4 is 9.47 Å². The average molecular weight is 444 g/mol. The Morgan fingerprint density at radius 1 is 0.970 bits per heavy atom. The molecule has 1 heterocycles. The Morgan fingerprint density at radius 2 is 1.79 bits per heavy atom. The van der Waals surface area contributed by atoms with E-state index in [-0.39, 0.29) is 6.42 Å². The van der Waals surface area contributed by atoms with Gasteiger partial charge >= 0.3 is 5.97 Å². The van der Waals surface area contributed by atoms with Crippen molar-refractivity contribution in [3.8, 4) is 22.8 Å². The molecular formula is C28H29NO4. The number of methoxy groups -OCH3 is 1. The molecule has 0 aliphatic rings. The second-order valence-electron chi connectivity index (χ2n) is 8.17. The first-order valence-corrected chi connectivity index (χ1v) is 11.3. The molecule has 0 unspecified atom stereocenters. The van der Waals surface area contributed by atoms with Gasteiger partial charge in [0, 0.05) is 16.5 Å². The number of hydrogen-bond donors (Lipinski definition) is 2. The molecule has 0 spiro atoms. The molecule has 0 atom stereocenters. The van der Waals surface area contributed by atoms with Crippen molar-refractivity contribution in [3.05, 3.63) is 83.4 Å². The fourth-order valence-corrected chi connectivity index (χ4v) is 4.09. The van der Waals surface area contributed by atoms with E-state index >= 15 is 0 Å². The van der Waals surface area contributed by atoms with Crippen LogP contribution in [-0.4, -0.2) is 23.2 Å². The molecule has 0 aliphatic carbocycles. The second kappa shape index (κ2) is 10.3. The fraction of sp³-hybridized carbons (Fsp3) is 0.250. The van der Waals surface area contributed by atoms with Gasteiger partial charge in [0.05, 0.1) is 19.2 Å². The normalized spacial score (nSPS) is 11.0. The number of ether oxygens (including phenoxy) is 2. The van der Waals surface area contributed by atoms with Gasteiger partial charge in [-0.25, -0.2) is 0 Å². The first-order valence-electron chi connectivity index (χ1n) is 11.3. The van der Waals surface area contributed by atoms with Gasteiger partial charge in [-0.2, -0.15) is 0 Å². The fourth-order valence-electron chi connectivity index (χ4n) is 4.09. The third-order valence-corrected chi connectivity index (χ3v) is 5.81. The molecule has 0 saturated carbocycles. The van der Waals surface area contributed by atoms with E-state index in [1.54, 1.807) is 7.11 Å². The summed E-state index contributed by atoms with van der Waals surface area (Å²) in [6.07, 6.45) is 3.16. The number of unbranched alkanes of at least 4 members (excludes halogenated alkanes) is 1. The monoisotopic (exact) mass is 443 g/mol. The number of nitrogens with one attached hydrogen (secondary N) is 1. The van der Waals surface area contributed by atoms with E-state index in [2.05, 4.69) is 24.0 Å². The number of fused-ring (bicyclic) bond motifs is 1. The number of benzene rings is 3. The van der Waals surface area contributed by atoms with Crippen molar-refractivity contribution in [2.45, 2.75) is 39.2 Å². The molecule has 0 aliphatic heterocycles. The van der Waals surface area contributed by atoms with Gasteiger partial charge in [-0.05, 0) is 59.9 Å². The molecule has 0 radical (unpaired) electrons. The zero-order chi connectivity index (χ0) is 23.2. The molecule has 5 heteroatoms. The van der Waals surface area contributed by atoms with Crippen LogP contribution in [0.2, 0.25) is 0 Å². The largest absolute Gasteiger partial charge is 0.493 e. The van der Waals surface area contributed by atoms with Gasteiger partial charge in [0.25, 0.3) is 0 Å². The van der Waals surface area contributed by atoms with Crippen molar-refractivity contribution < 1.29 is 19.4 Å². The SMILES string of the molecule is CCCCc1ccc2[nH]c(-c3ccc(OCc4ccccc4)c(OC)c3)c(CC(=O)O)c2c1. The van der Waals surface area contributed by atoms with Gasteiger partial charge in [0.1, 0.15) is 6.61 Å². The van der Waals surface area contributed by atoms with Crippen LogP contribution in [0.4, 0.5) is 0 Å². The summed E-state index contributed by atoms with van der Waals surface area (Å²) in [5, 5.41) is 10.6. The predicted molar refractivity (Wildman–Crippen MR) is 131 cm³/mol. The summed E-state index contributed by atoms with van der Waals surface area (Å²) >= 11 is 0. The number of aliphatic carboxylic acids is 1. The Balaban J connectivity index is 1.70. The molecule has 170 valence electrons. The van der Waals surface area contributed by atoms with Gasteiger partial charge in [-0.1, -0.05) is 49.7 Å². The summed E-state index contributed by atoms with van der Waals surface area (Å²) in [5.41, 5.74) is 5.68. The Morgan fingerprint density at radius 3 is 2.52 bits per heavy atom. The third kappa shape index (κ3) is 5.20. The molecule has 0 amide bonds. The Bertz CT molecular complexity index is 1240. The first kappa shape index (κ1) is 22.5. The van der Waals surface area contributed by atoms with Gasteiger partial charge in [-0.3, -0.25) is 4.79 Å². The lowest BCUT2D eigenvalue weighted by Crippen LogP contribution is -2.01. The summed E-state index contributed by atoms with van der Waals surface area (Å²) < 4.78 is 11.6. The van der Waals surface area contributed by atoms with E-state index in [0.29, 0.717) is 18.1 Å². The number of H-pyrrole nitrogens is 1. The van der Waals surface area contributed by atoms with Crippen LogP contribution in [0.15, 0.2) is 66.7 Å². The number of aromatic amines is 1. The van der Waals surface area contributed by atoms with Crippen LogP contribution in [0.25, 0.3) is 22.2 Å². The zero-order valence-corrected chi connectivity index (χ0v) is 19.1. The van der Waals surface area contributed by atoms with Crippen molar-refractivity contribution in [2.75, 3.05) is 7.11 Å². The van der Waals surface area contributed by atoms with Crippen LogP contribution in [0.5, 0.6) is 11.5 Å². The molecule has 0 bridgehead atoms. The van der Waals surface area contributed by atoms with Gasteiger partial charge in [0.15, 0.2) is 11.5 Å². The van der Waals surface area contributed by atoms with Gasteiger partial charge < -0.3 is 19.6 Å². The molecule has 33 heavy (non-hydrogen) atoms. The summed E-state index contributed by atoms with van der Waals surface area (Å²) in [4.78, 5) is 15.1. The highest BCUT2D eigenvalue weighted by Crippen LogP contribution is 2.37. The van der Waals surface area contributed by atoms with Crippen LogP contribution >= 0.6 is 0 Å². The Hall–Kier alpha value is -3.73. The quantitative estimate of drug-likeness (QED) is 0.298. The maximum atomic E-state index is 11.7. The van der Waals surface area contributed by atoms with Crippen molar-refractivity contribution >= 4 is 16.9 Å². The Kier molecular flexibility index (Phi) is 6.98. The zero-order valence-electron chi connectivity index (χ0n) is 19.1. The maximum absolute atomic E-state index is 11.7.